The van der Waals surface area contributed by atoms with E-state index in [0.717, 1.165) is 14.6 Å². The zero-order valence-corrected chi connectivity index (χ0v) is 16.9. The maximum Gasteiger partial charge on any atom is 0.307 e. The van der Waals surface area contributed by atoms with E-state index in [1.54, 1.807) is 17.9 Å². The second-order valence-electron chi connectivity index (χ2n) is 5.87. The summed E-state index contributed by atoms with van der Waals surface area (Å²) in [6.45, 7) is 3.11. The zero-order chi connectivity index (χ0) is 18.0. The molecule has 0 bridgehead atoms. The summed E-state index contributed by atoms with van der Waals surface area (Å²) in [6.07, 6.45) is 0.221. The third-order valence-corrected chi connectivity index (χ3v) is 6.10. The van der Waals surface area contributed by atoms with Crippen LogP contribution in [0.5, 0.6) is 0 Å². The first-order valence-electron chi connectivity index (χ1n) is 8.06. The minimum absolute atomic E-state index is 0.0460. The summed E-state index contributed by atoms with van der Waals surface area (Å²) < 4.78 is 8.55. The van der Waals surface area contributed by atoms with E-state index < -0.39 is 0 Å². The minimum Gasteiger partial charge on any atom is -0.466 e. The van der Waals surface area contributed by atoms with E-state index in [-0.39, 0.29) is 24.3 Å². The Bertz CT molecular complexity index is 789. The minimum atomic E-state index is -0.260. The van der Waals surface area contributed by atoms with Gasteiger partial charge in [0.25, 0.3) is 5.91 Å². The summed E-state index contributed by atoms with van der Waals surface area (Å²) in [4.78, 5) is 26.7. The maximum atomic E-state index is 12.9. The largest absolute Gasteiger partial charge is 0.466 e. The molecule has 1 aromatic carbocycles. The van der Waals surface area contributed by atoms with Crippen LogP contribution in [0.25, 0.3) is 0 Å². The van der Waals surface area contributed by atoms with Crippen molar-refractivity contribution in [1.82, 2.24) is 9.47 Å². The predicted octanol–water partition coefficient (Wildman–Crippen LogP) is 4.16. The maximum absolute atomic E-state index is 12.9. The van der Waals surface area contributed by atoms with Crippen molar-refractivity contribution >= 4 is 43.7 Å². The highest BCUT2D eigenvalue weighted by Crippen LogP contribution is 2.36. The summed E-state index contributed by atoms with van der Waals surface area (Å²) in [7, 11) is 0. The highest BCUT2D eigenvalue weighted by molar-refractivity contribution is 9.13. The molecule has 0 aliphatic carbocycles. The molecule has 0 radical (unpaired) electrons. The van der Waals surface area contributed by atoms with Crippen molar-refractivity contribution in [2.45, 2.75) is 25.9 Å². The lowest BCUT2D eigenvalue weighted by Gasteiger charge is -2.35. The lowest BCUT2D eigenvalue weighted by molar-refractivity contribution is -0.144. The lowest BCUT2D eigenvalue weighted by Crippen LogP contribution is -2.43. The highest BCUT2D eigenvalue weighted by atomic mass is 79.9. The number of fused-ring (bicyclic) bond motifs is 1. The van der Waals surface area contributed by atoms with Gasteiger partial charge in [-0.1, -0.05) is 30.3 Å². The first-order chi connectivity index (χ1) is 12.0. The normalized spacial score (nSPS) is 16.7. The molecule has 5 nitrogen and oxygen atoms in total. The molecular formula is C18H18Br2N2O3. The van der Waals surface area contributed by atoms with E-state index in [1.165, 1.54) is 0 Å². The van der Waals surface area contributed by atoms with Crippen LogP contribution in [-0.4, -0.2) is 34.5 Å². The van der Waals surface area contributed by atoms with Gasteiger partial charge in [0, 0.05) is 13.1 Å². The molecule has 1 aliphatic heterocycles. The summed E-state index contributed by atoms with van der Waals surface area (Å²) in [5, 5.41) is 0. The molecule has 1 aliphatic rings. The van der Waals surface area contributed by atoms with Crippen molar-refractivity contribution in [1.29, 1.82) is 0 Å². The molecule has 0 N–H and O–H groups in total. The van der Waals surface area contributed by atoms with Gasteiger partial charge in [0.15, 0.2) is 0 Å². The van der Waals surface area contributed by atoms with Gasteiger partial charge in [-0.25, -0.2) is 0 Å². The van der Waals surface area contributed by atoms with E-state index in [1.807, 2.05) is 34.9 Å². The van der Waals surface area contributed by atoms with E-state index in [4.69, 9.17) is 4.74 Å². The van der Waals surface area contributed by atoms with Crippen molar-refractivity contribution in [2.24, 2.45) is 0 Å². The summed E-state index contributed by atoms with van der Waals surface area (Å²) in [5.74, 6) is -0.306. The summed E-state index contributed by atoms with van der Waals surface area (Å²) >= 11 is 6.97. The molecule has 7 heteroatoms. The number of rotatable bonds is 5. The smallest absolute Gasteiger partial charge is 0.307 e. The molecule has 1 aromatic heterocycles. The van der Waals surface area contributed by atoms with Gasteiger partial charge >= 0.3 is 5.97 Å². The van der Waals surface area contributed by atoms with Gasteiger partial charge in [0.05, 0.1) is 28.1 Å². The van der Waals surface area contributed by atoms with Crippen molar-refractivity contribution in [2.75, 3.05) is 13.2 Å². The molecule has 132 valence electrons. The number of hydrogen-bond donors (Lipinski definition) is 0. The van der Waals surface area contributed by atoms with Gasteiger partial charge in [0.2, 0.25) is 0 Å². The van der Waals surface area contributed by atoms with Crippen LogP contribution in [0.4, 0.5) is 0 Å². The molecule has 0 saturated carbocycles. The SMILES string of the molecule is CCOC(=O)CC1CN(Cc2ccccc2)C(=O)c2cc(Br)c(Br)n21. The van der Waals surface area contributed by atoms with Gasteiger partial charge < -0.3 is 14.2 Å². The molecule has 1 atom stereocenters. The van der Waals surface area contributed by atoms with Crippen molar-refractivity contribution in [3.05, 3.63) is 56.7 Å². The molecule has 2 heterocycles. The Balaban J connectivity index is 1.91. The molecule has 25 heavy (non-hydrogen) atoms. The Kier molecular flexibility index (Phi) is 5.64. The fraction of sp³-hybridized carbons (Fsp3) is 0.333. The Morgan fingerprint density at radius 1 is 1.28 bits per heavy atom. The fourth-order valence-electron chi connectivity index (χ4n) is 3.08. The van der Waals surface area contributed by atoms with E-state index in [9.17, 15) is 9.59 Å². The van der Waals surface area contributed by atoms with E-state index in [2.05, 4.69) is 31.9 Å². The highest BCUT2D eigenvalue weighted by Gasteiger charge is 2.35. The average Bonchev–Trinajstić information content (AvgIpc) is 2.89. The number of aromatic nitrogens is 1. The Hall–Kier alpha value is -1.60. The van der Waals surface area contributed by atoms with Crippen LogP contribution in [0.2, 0.25) is 0 Å². The first kappa shape index (κ1) is 18.2. The van der Waals surface area contributed by atoms with Crippen LogP contribution >= 0.6 is 31.9 Å². The van der Waals surface area contributed by atoms with Gasteiger partial charge in [0.1, 0.15) is 5.69 Å². The van der Waals surface area contributed by atoms with Crippen molar-refractivity contribution in [3.63, 3.8) is 0 Å². The van der Waals surface area contributed by atoms with Gasteiger partial charge in [-0.05, 0) is 50.4 Å². The average molecular weight is 470 g/mol. The molecule has 1 unspecified atom stereocenters. The molecule has 3 rings (SSSR count). The van der Waals surface area contributed by atoms with Gasteiger partial charge in [-0.3, -0.25) is 9.59 Å². The summed E-state index contributed by atoms with van der Waals surface area (Å²) in [6, 6.07) is 11.5. The number of nitrogens with zero attached hydrogens (tertiary/aromatic N) is 2. The molecule has 2 aromatic rings. The second kappa shape index (κ2) is 7.74. The van der Waals surface area contributed by atoms with Crippen LogP contribution < -0.4 is 0 Å². The third kappa shape index (κ3) is 3.82. The second-order valence-corrected chi connectivity index (χ2v) is 7.48. The van der Waals surface area contributed by atoms with Crippen LogP contribution in [0, 0.1) is 0 Å². The van der Waals surface area contributed by atoms with Crippen LogP contribution in [-0.2, 0) is 16.1 Å². The number of carbonyl (C=O) groups excluding carboxylic acids is 2. The zero-order valence-electron chi connectivity index (χ0n) is 13.7. The monoisotopic (exact) mass is 468 g/mol. The van der Waals surface area contributed by atoms with E-state index >= 15 is 0 Å². The first-order valence-corrected chi connectivity index (χ1v) is 9.65. The van der Waals surface area contributed by atoms with Gasteiger partial charge in [-0.2, -0.15) is 0 Å². The van der Waals surface area contributed by atoms with Crippen molar-refractivity contribution < 1.29 is 14.3 Å². The lowest BCUT2D eigenvalue weighted by atomic mass is 10.1. The number of carbonyl (C=O) groups is 2. The van der Waals surface area contributed by atoms with Gasteiger partial charge in [-0.15, -0.1) is 0 Å². The number of ether oxygens (including phenoxy) is 1. The quantitative estimate of drug-likeness (QED) is 0.617. The van der Waals surface area contributed by atoms with Crippen LogP contribution in [0.15, 0.2) is 45.5 Å². The number of esters is 1. The standard InChI is InChI=1S/C18H18Br2N2O3/c1-2-25-16(23)8-13-11-21(10-12-6-4-3-5-7-12)18(24)15-9-14(19)17(20)22(13)15/h3-7,9,13H,2,8,10-11H2,1H3. The summed E-state index contributed by atoms with van der Waals surface area (Å²) in [5.41, 5.74) is 1.62. The Morgan fingerprint density at radius 2 is 2.00 bits per heavy atom. The number of amides is 1. The molecule has 0 saturated heterocycles. The molecule has 0 spiro atoms. The number of halogens is 2. The Labute approximate surface area is 163 Å². The Morgan fingerprint density at radius 3 is 2.68 bits per heavy atom. The molecule has 1 amide bonds. The fourth-order valence-corrected chi connectivity index (χ4v) is 4.08. The molecule has 0 fully saturated rings. The van der Waals surface area contributed by atoms with Crippen molar-refractivity contribution in [3.8, 4) is 0 Å². The van der Waals surface area contributed by atoms with Crippen LogP contribution in [0.1, 0.15) is 35.4 Å². The third-order valence-electron chi connectivity index (χ3n) is 4.16. The predicted molar refractivity (Wildman–Crippen MR) is 101 cm³/mol. The number of benzene rings is 1. The molecular weight excluding hydrogens is 452 g/mol. The van der Waals surface area contributed by atoms with Crippen LogP contribution in [0.3, 0.4) is 0 Å². The number of hydrogen-bond acceptors (Lipinski definition) is 3. The topological polar surface area (TPSA) is 51.5 Å². The van der Waals surface area contributed by atoms with E-state index in [0.29, 0.717) is 25.4 Å².